The average Bonchev–Trinajstić information content (AvgIpc) is 2.65. The van der Waals surface area contributed by atoms with Crippen molar-refractivity contribution in [3.8, 4) is 0 Å². The van der Waals surface area contributed by atoms with E-state index in [9.17, 15) is 0 Å². The first-order valence-electron chi connectivity index (χ1n) is 6.26. The zero-order valence-electron chi connectivity index (χ0n) is 9.91. The second kappa shape index (κ2) is 5.64. The van der Waals surface area contributed by atoms with E-state index < -0.39 is 0 Å². The molecule has 1 fully saturated rings. The number of aryl methyl sites for hydroxylation is 1. The summed E-state index contributed by atoms with van der Waals surface area (Å²) in [6.07, 6.45) is 7.22. The quantitative estimate of drug-likeness (QED) is 0.797. The summed E-state index contributed by atoms with van der Waals surface area (Å²) in [5.41, 5.74) is 7.36. The smallest absolute Gasteiger partial charge is 0.183 e. The van der Waals surface area contributed by atoms with E-state index >= 15 is 0 Å². The van der Waals surface area contributed by atoms with Crippen LogP contribution in [-0.4, -0.2) is 17.1 Å². The van der Waals surface area contributed by atoms with Gasteiger partial charge in [0.25, 0.3) is 0 Å². The van der Waals surface area contributed by atoms with Crippen molar-refractivity contribution >= 4 is 16.5 Å². The summed E-state index contributed by atoms with van der Waals surface area (Å²) < 4.78 is 0. The van der Waals surface area contributed by atoms with Crippen molar-refractivity contribution in [3.63, 3.8) is 0 Å². The molecule has 1 aromatic rings. The molecule has 0 aliphatic heterocycles. The van der Waals surface area contributed by atoms with Crippen LogP contribution in [0.4, 0.5) is 5.13 Å². The summed E-state index contributed by atoms with van der Waals surface area (Å²) in [5, 5.41) is 6.68. The zero-order chi connectivity index (χ0) is 11.4. The Balaban J connectivity index is 1.96. The largest absolute Gasteiger partial charge is 0.357 e. The minimum absolute atomic E-state index is 0.288. The van der Waals surface area contributed by atoms with Crippen molar-refractivity contribution in [1.29, 1.82) is 0 Å². The molecule has 3 N–H and O–H groups in total. The van der Waals surface area contributed by atoms with Crippen molar-refractivity contribution < 1.29 is 0 Å². The SMILES string of the molecule is CCc1csc(NC2CCCCCC2N)n1. The Labute approximate surface area is 101 Å². The van der Waals surface area contributed by atoms with Gasteiger partial charge in [-0.3, -0.25) is 0 Å². The van der Waals surface area contributed by atoms with Crippen LogP contribution >= 0.6 is 11.3 Å². The van der Waals surface area contributed by atoms with Crippen LogP contribution in [0.15, 0.2) is 5.38 Å². The molecular formula is C12H21N3S. The highest BCUT2D eigenvalue weighted by Crippen LogP contribution is 2.23. The van der Waals surface area contributed by atoms with Crippen molar-refractivity contribution in [2.45, 2.75) is 57.5 Å². The number of nitrogens with one attached hydrogen (secondary N) is 1. The lowest BCUT2D eigenvalue weighted by Gasteiger charge is -2.22. The van der Waals surface area contributed by atoms with Gasteiger partial charge in [-0.15, -0.1) is 11.3 Å². The van der Waals surface area contributed by atoms with Crippen LogP contribution in [0.5, 0.6) is 0 Å². The second-order valence-corrected chi connectivity index (χ2v) is 5.41. The maximum Gasteiger partial charge on any atom is 0.183 e. The molecule has 1 heterocycles. The molecule has 1 aromatic heterocycles. The van der Waals surface area contributed by atoms with E-state index in [-0.39, 0.29) is 6.04 Å². The van der Waals surface area contributed by atoms with E-state index in [4.69, 9.17) is 5.73 Å². The maximum atomic E-state index is 6.18. The summed E-state index contributed by atoms with van der Waals surface area (Å²) in [5.74, 6) is 0. The van der Waals surface area contributed by atoms with Gasteiger partial charge < -0.3 is 11.1 Å². The van der Waals surface area contributed by atoms with E-state index in [2.05, 4.69) is 22.6 Å². The van der Waals surface area contributed by atoms with Crippen LogP contribution in [0.25, 0.3) is 0 Å². The number of aromatic nitrogens is 1. The predicted molar refractivity (Wildman–Crippen MR) is 70.0 cm³/mol. The van der Waals surface area contributed by atoms with Gasteiger partial charge in [0, 0.05) is 17.5 Å². The van der Waals surface area contributed by atoms with Crippen molar-refractivity contribution in [2.75, 3.05) is 5.32 Å². The highest BCUT2D eigenvalue weighted by Gasteiger charge is 2.20. The predicted octanol–water partition coefficient (Wildman–Crippen LogP) is 2.78. The first kappa shape index (κ1) is 11.9. The van der Waals surface area contributed by atoms with E-state index in [1.54, 1.807) is 11.3 Å². The monoisotopic (exact) mass is 239 g/mol. The van der Waals surface area contributed by atoms with Crippen molar-refractivity contribution in [1.82, 2.24) is 4.98 Å². The molecule has 1 aliphatic rings. The lowest BCUT2D eigenvalue weighted by Crippen LogP contribution is -2.39. The van der Waals surface area contributed by atoms with Gasteiger partial charge in [0.1, 0.15) is 0 Å². The van der Waals surface area contributed by atoms with Crippen molar-refractivity contribution in [3.05, 3.63) is 11.1 Å². The van der Waals surface area contributed by atoms with Gasteiger partial charge in [0.2, 0.25) is 0 Å². The molecule has 0 spiro atoms. The van der Waals surface area contributed by atoms with Gasteiger partial charge in [-0.25, -0.2) is 4.98 Å². The fourth-order valence-electron chi connectivity index (χ4n) is 2.21. The topological polar surface area (TPSA) is 50.9 Å². The van der Waals surface area contributed by atoms with Gasteiger partial charge in [0.15, 0.2) is 5.13 Å². The minimum Gasteiger partial charge on any atom is -0.357 e. The summed E-state index contributed by atoms with van der Waals surface area (Å²) in [6, 6.07) is 0.704. The number of hydrogen-bond donors (Lipinski definition) is 2. The molecule has 90 valence electrons. The number of rotatable bonds is 3. The van der Waals surface area contributed by atoms with Gasteiger partial charge >= 0.3 is 0 Å². The minimum atomic E-state index is 0.288. The highest BCUT2D eigenvalue weighted by atomic mass is 32.1. The molecule has 16 heavy (non-hydrogen) atoms. The molecule has 1 aliphatic carbocycles. The molecule has 0 bridgehead atoms. The first-order valence-corrected chi connectivity index (χ1v) is 7.14. The van der Waals surface area contributed by atoms with E-state index in [1.807, 2.05) is 0 Å². The molecule has 1 saturated carbocycles. The van der Waals surface area contributed by atoms with Gasteiger partial charge in [-0.1, -0.05) is 26.2 Å². The van der Waals surface area contributed by atoms with Gasteiger partial charge in [0.05, 0.1) is 5.69 Å². The van der Waals surface area contributed by atoms with E-state index in [0.29, 0.717) is 6.04 Å². The third kappa shape index (κ3) is 2.95. The van der Waals surface area contributed by atoms with Gasteiger partial charge in [-0.2, -0.15) is 0 Å². The summed E-state index contributed by atoms with van der Waals surface area (Å²) in [7, 11) is 0. The number of anilines is 1. The molecule has 0 amide bonds. The standard InChI is InChI=1S/C12H21N3S/c1-2-9-8-16-12(14-9)15-11-7-5-3-4-6-10(11)13/h8,10-11H,2-7,13H2,1H3,(H,14,15). The molecule has 2 atom stereocenters. The Morgan fingerprint density at radius 2 is 2.25 bits per heavy atom. The van der Waals surface area contributed by atoms with Crippen LogP contribution in [0.1, 0.15) is 44.7 Å². The first-order chi connectivity index (χ1) is 7.79. The molecule has 0 radical (unpaired) electrons. The van der Waals surface area contributed by atoms with Crippen LogP contribution in [0.3, 0.4) is 0 Å². The van der Waals surface area contributed by atoms with Crippen LogP contribution in [-0.2, 0) is 6.42 Å². The summed E-state index contributed by atoms with van der Waals surface area (Å²) in [6.45, 7) is 2.14. The fraction of sp³-hybridized carbons (Fsp3) is 0.750. The zero-order valence-corrected chi connectivity index (χ0v) is 10.7. The Morgan fingerprint density at radius 1 is 1.44 bits per heavy atom. The van der Waals surface area contributed by atoms with Crippen LogP contribution < -0.4 is 11.1 Å². The average molecular weight is 239 g/mol. The summed E-state index contributed by atoms with van der Waals surface area (Å²) in [4.78, 5) is 4.54. The van der Waals surface area contributed by atoms with E-state index in [0.717, 1.165) is 18.0 Å². The molecule has 2 rings (SSSR count). The highest BCUT2D eigenvalue weighted by molar-refractivity contribution is 7.13. The Morgan fingerprint density at radius 3 is 3.00 bits per heavy atom. The third-order valence-corrected chi connectivity index (χ3v) is 4.11. The third-order valence-electron chi connectivity index (χ3n) is 3.29. The van der Waals surface area contributed by atoms with Gasteiger partial charge in [-0.05, 0) is 19.3 Å². The number of hydrogen-bond acceptors (Lipinski definition) is 4. The second-order valence-electron chi connectivity index (χ2n) is 4.55. The fourth-order valence-corrected chi connectivity index (χ4v) is 3.07. The molecule has 4 heteroatoms. The van der Waals surface area contributed by atoms with Crippen LogP contribution in [0.2, 0.25) is 0 Å². The number of nitrogens with zero attached hydrogens (tertiary/aromatic N) is 1. The maximum absolute atomic E-state index is 6.18. The normalized spacial score (nSPS) is 26.4. The molecule has 3 nitrogen and oxygen atoms in total. The number of thiazole rings is 1. The molecule has 2 unspecified atom stereocenters. The lowest BCUT2D eigenvalue weighted by molar-refractivity contribution is 0.528. The lowest BCUT2D eigenvalue weighted by atomic mass is 10.0. The summed E-state index contributed by atoms with van der Waals surface area (Å²) >= 11 is 1.70. The molecular weight excluding hydrogens is 218 g/mol. The Bertz CT molecular complexity index is 324. The Kier molecular flexibility index (Phi) is 4.18. The van der Waals surface area contributed by atoms with Crippen molar-refractivity contribution in [2.24, 2.45) is 5.73 Å². The Hall–Kier alpha value is -0.610. The number of nitrogens with two attached hydrogens (primary N) is 1. The van der Waals surface area contributed by atoms with Crippen LogP contribution in [0, 0.1) is 0 Å². The molecule has 0 aromatic carbocycles. The van der Waals surface area contributed by atoms with E-state index in [1.165, 1.54) is 31.4 Å². The molecule has 0 saturated heterocycles.